The minimum Gasteiger partial charge on any atom is -0.387 e. The van der Waals surface area contributed by atoms with E-state index in [1.807, 2.05) is 60.7 Å². The van der Waals surface area contributed by atoms with E-state index in [1.165, 1.54) is 0 Å². The molecule has 1 saturated heterocycles. The summed E-state index contributed by atoms with van der Waals surface area (Å²) < 4.78 is 0. The monoisotopic (exact) mass is 426 g/mol. The van der Waals surface area contributed by atoms with Crippen molar-refractivity contribution < 1.29 is 14.7 Å². The lowest BCUT2D eigenvalue weighted by atomic mass is 10.1. The van der Waals surface area contributed by atoms with Gasteiger partial charge in [-0.3, -0.25) is 14.7 Å². The molecule has 2 heterocycles. The number of aromatic amines is 1. The first-order chi connectivity index (χ1) is 14.2. The number of H-pyrrole nitrogens is 1. The molecule has 156 valence electrons. The summed E-state index contributed by atoms with van der Waals surface area (Å²) in [5.41, 5.74) is 3.46. The van der Waals surface area contributed by atoms with Crippen LogP contribution in [-0.4, -0.2) is 69.7 Å². The van der Waals surface area contributed by atoms with E-state index in [4.69, 9.17) is 5.11 Å². The summed E-state index contributed by atoms with van der Waals surface area (Å²) in [7, 11) is 0. The summed E-state index contributed by atoms with van der Waals surface area (Å²) in [5.74, 6) is -0.340. The van der Waals surface area contributed by atoms with Crippen molar-refractivity contribution in [1.29, 1.82) is 0 Å². The molecule has 1 aliphatic rings. The Bertz CT molecular complexity index is 1050. The van der Waals surface area contributed by atoms with Crippen molar-refractivity contribution in [2.24, 2.45) is 0 Å². The molecule has 0 saturated carbocycles. The molecule has 3 aromatic rings. The van der Waals surface area contributed by atoms with Gasteiger partial charge in [-0.1, -0.05) is 36.4 Å². The lowest BCUT2D eigenvalue weighted by Crippen LogP contribution is -2.51. The zero-order valence-electron chi connectivity index (χ0n) is 16.3. The number of fused-ring (bicyclic) bond motifs is 1. The molecule has 2 N–H and O–H groups in total. The summed E-state index contributed by atoms with van der Waals surface area (Å²) in [5, 5.41) is 17.3. The van der Waals surface area contributed by atoms with Crippen LogP contribution in [0.4, 0.5) is 0 Å². The van der Waals surface area contributed by atoms with Crippen molar-refractivity contribution in [1.82, 2.24) is 20.0 Å². The van der Waals surface area contributed by atoms with E-state index in [1.54, 1.807) is 9.80 Å². The van der Waals surface area contributed by atoms with E-state index in [-0.39, 0.29) is 24.2 Å². The molecule has 1 aromatic heterocycles. The Balaban J connectivity index is 0.00000256. The molecule has 7 nitrogen and oxygen atoms in total. The predicted octanol–water partition coefficient (Wildman–Crippen LogP) is 2.43. The largest absolute Gasteiger partial charge is 0.387 e. The first kappa shape index (κ1) is 21.5. The molecule has 1 aliphatic heterocycles. The van der Waals surface area contributed by atoms with Gasteiger partial charge in [-0.25, -0.2) is 0 Å². The van der Waals surface area contributed by atoms with Gasteiger partial charge in [0.2, 0.25) is 5.91 Å². The van der Waals surface area contributed by atoms with Gasteiger partial charge in [-0.05, 0) is 29.8 Å². The van der Waals surface area contributed by atoms with Crippen molar-refractivity contribution in [2.45, 2.75) is 0 Å². The number of hydrogen-bond donors (Lipinski definition) is 2. The van der Waals surface area contributed by atoms with Crippen LogP contribution in [0.1, 0.15) is 21.6 Å². The first-order valence-corrected chi connectivity index (χ1v) is 9.55. The Kier molecular flexibility index (Phi) is 6.87. The molecule has 1 fully saturated rings. The summed E-state index contributed by atoms with van der Waals surface area (Å²) in [4.78, 5) is 27.5. The van der Waals surface area contributed by atoms with E-state index >= 15 is 0 Å². The highest BCUT2D eigenvalue weighted by Gasteiger charge is 2.24. The van der Waals surface area contributed by atoms with Crippen molar-refractivity contribution in [3.8, 4) is 0 Å². The fourth-order valence-corrected chi connectivity index (χ4v) is 3.47. The Morgan fingerprint density at radius 1 is 0.967 bits per heavy atom. The van der Waals surface area contributed by atoms with Gasteiger partial charge in [-0.15, -0.1) is 12.4 Å². The second-order valence-corrected chi connectivity index (χ2v) is 6.94. The van der Waals surface area contributed by atoms with Gasteiger partial charge < -0.3 is 14.9 Å². The Hall–Kier alpha value is -3.16. The van der Waals surface area contributed by atoms with Gasteiger partial charge in [0.05, 0.1) is 11.2 Å². The maximum Gasteiger partial charge on any atom is 0.253 e. The minimum absolute atomic E-state index is 0. The topological polar surface area (TPSA) is 89.5 Å². The van der Waals surface area contributed by atoms with Gasteiger partial charge >= 0.3 is 0 Å². The lowest BCUT2D eigenvalue weighted by Gasteiger charge is -2.34. The zero-order chi connectivity index (χ0) is 20.2. The summed E-state index contributed by atoms with van der Waals surface area (Å²) in [6.07, 6.45) is 3.92. The number of aliphatic hydroxyl groups excluding tert-OH is 1. The highest BCUT2D eigenvalue weighted by Crippen LogP contribution is 2.18. The number of hydrogen-bond acceptors (Lipinski definition) is 4. The van der Waals surface area contributed by atoms with Crippen molar-refractivity contribution in [3.63, 3.8) is 0 Å². The van der Waals surface area contributed by atoms with Gasteiger partial charge in [-0.2, -0.15) is 5.10 Å². The third-order valence-electron chi connectivity index (χ3n) is 5.15. The van der Waals surface area contributed by atoms with Gasteiger partial charge in [0.1, 0.15) is 6.61 Å². The standard InChI is InChI=1S/C22H22N4O3.ClH/c27-15-21(28)25-11-13-26(14-12-25)22(29)17-8-5-16(6-9-17)7-10-20-18-3-1-2-4-19(18)23-24-20;/h1-10,27H,11-15H2,(H,23,24);1H. The molecule has 2 aromatic carbocycles. The Labute approximate surface area is 180 Å². The van der Waals surface area contributed by atoms with Crippen LogP contribution in [0.2, 0.25) is 0 Å². The zero-order valence-corrected chi connectivity index (χ0v) is 17.1. The molecule has 0 unspecified atom stereocenters. The maximum atomic E-state index is 12.7. The van der Waals surface area contributed by atoms with E-state index < -0.39 is 6.61 Å². The molecule has 0 atom stereocenters. The van der Waals surface area contributed by atoms with E-state index in [9.17, 15) is 9.59 Å². The third kappa shape index (κ3) is 4.53. The van der Waals surface area contributed by atoms with Gasteiger partial charge in [0, 0.05) is 37.1 Å². The number of amides is 2. The lowest BCUT2D eigenvalue weighted by molar-refractivity contribution is -0.135. The number of piperazine rings is 1. The van der Waals surface area contributed by atoms with E-state index in [0.29, 0.717) is 31.7 Å². The number of nitrogens with zero attached hydrogens (tertiary/aromatic N) is 3. The minimum atomic E-state index is -0.489. The molecule has 0 spiro atoms. The first-order valence-electron chi connectivity index (χ1n) is 9.55. The Morgan fingerprint density at radius 3 is 2.33 bits per heavy atom. The Morgan fingerprint density at radius 2 is 1.63 bits per heavy atom. The van der Waals surface area contributed by atoms with Gasteiger partial charge in [0.15, 0.2) is 0 Å². The molecule has 0 bridgehead atoms. The predicted molar refractivity (Wildman–Crippen MR) is 118 cm³/mol. The fraction of sp³-hybridized carbons (Fsp3) is 0.227. The number of aliphatic hydroxyl groups is 1. The van der Waals surface area contributed by atoms with Crippen LogP contribution >= 0.6 is 12.4 Å². The van der Waals surface area contributed by atoms with Crippen LogP contribution in [-0.2, 0) is 4.79 Å². The van der Waals surface area contributed by atoms with Crippen LogP contribution in [0, 0.1) is 0 Å². The quantitative estimate of drug-likeness (QED) is 0.670. The smallest absolute Gasteiger partial charge is 0.253 e. The number of carbonyl (C=O) groups excluding carboxylic acids is 2. The molecule has 8 heteroatoms. The number of aromatic nitrogens is 2. The SMILES string of the molecule is Cl.O=C(CO)N1CCN(C(=O)c2ccc(C=Cc3n[nH]c4ccccc34)cc2)CC1. The number of carbonyl (C=O) groups is 2. The molecule has 4 rings (SSSR count). The number of nitrogens with one attached hydrogen (secondary N) is 1. The molecule has 2 amide bonds. The van der Waals surface area contributed by atoms with Crippen LogP contribution in [0.3, 0.4) is 0 Å². The highest BCUT2D eigenvalue weighted by atomic mass is 35.5. The highest BCUT2D eigenvalue weighted by molar-refractivity contribution is 5.95. The average Bonchev–Trinajstić information content (AvgIpc) is 3.20. The third-order valence-corrected chi connectivity index (χ3v) is 5.15. The van der Waals surface area contributed by atoms with Crippen LogP contribution < -0.4 is 0 Å². The van der Waals surface area contributed by atoms with Crippen LogP contribution in [0.5, 0.6) is 0 Å². The fourth-order valence-electron chi connectivity index (χ4n) is 3.47. The van der Waals surface area contributed by atoms with Crippen molar-refractivity contribution >= 4 is 47.3 Å². The summed E-state index contributed by atoms with van der Waals surface area (Å²) >= 11 is 0. The van der Waals surface area contributed by atoms with Gasteiger partial charge in [0.25, 0.3) is 5.91 Å². The van der Waals surface area contributed by atoms with Crippen molar-refractivity contribution in [2.75, 3.05) is 32.8 Å². The molecule has 0 aliphatic carbocycles. The number of rotatable bonds is 4. The molecule has 0 radical (unpaired) electrons. The summed E-state index contributed by atoms with van der Waals surface area (Å²) in [6, 6.07) is 15.4. The van der Waals surface area contributed by atoms with Crippen LogP contribution in [0.25, 0.3) is 23.1 Å². The molecule has 30 heavy (non-hydrogen) atoms. The van der Waals surface area contributed by atoms with Crippen LogP contribution in [0.15, 0.2) is 48.5 Å². The number of halogens is 1. The van der Waals surface area contributed by atoms with Crippen molar-refractivity contribution in [3.05, 3.63) is 65.4 Å². The molecular weight excluding hydrogens is 404 g/mol. The van der Waals surface area contributed by atoms with E-state index in [2.05, 4.69) is 10.2 Å². The normalized spacial score (nSPS) is 14.2. The second-order valence-electron chi connectivity index (χ2n) is 6.94. The molecular formula is C22H23ClN4O3. The van der Waals surface area contributed by atoms with E-state index in [0.717, 1.165) is 22.2 Å². The number of benzene rings is 2. The second kappa shape index (κ2) is 9.56. The number of para-hydroxylation sites is 1. The average molecular weight is 427 g/mol. The summed E-state index contributed by atoms with van der Waals surface area (Å²) in [6.45, 7) is 1.35. The maximum absolute atomic E-state index is 12.7.